The summed E-state index contributed by atoms with van der Waals surface area (Å²) in [5.41, 5.74) is 8.17. The first-order valence-electron chi connectivity index (χ1n) is 7.76. The van der Waals surface area contributed by atoms with Crippen LogP contribution in [0.15, 0.2) is 22.6 Å². The Balaban J connectivity index is 1.90. The minimum atomic E-state index is -0.370. The van der Waals surface area contributed by atoms with Gasteiger partial charge >= 0.3 is 0 Å². The molecule has 0 atom stereocenters. The molecule has 5 N–H and O–H groups in total. The number of nitrogens with zero attached hydrogens (tertiary/aromatic N) is 3. The average molecular weight is 406 g/mol. The van der Waals surface area contributed by atoms with Gasteiger partial charge in [0.2, 0.25) is 5.22 Å². The summed E-state index contributed by atoms with van der Waals surface area (Å²) < 4.78 is 7.27. The molecule has 0 aliphatic carbocycles. The quantitative estimate of drug-likeness (QED) is 0.445. The van der Waals surface area contributed by atoms with Crippen molar-refractivity contribution < 1.29 is 9.21 Å². The molecule has 0 fully saturated rings. The molecule has 0 unspecified atom stereocenters. The number of rotatable bonds is 7. The van der Waals surface area contributed by atoms with Crippen LogP contribution in [0.3, 0.4) is 0 Å². The number of aromatic nitrogens is 3. The highest BCUT2D eigenvalue weighted by Crippen LogP contribution is 2.30. The topological polar surface area (TPSA) is 147 Å². The Labute approximate surface area is 162 Å². The Hall–Kier alpha value is -2.98. The molecule has 0 aromatic carbocycles. The molecule has 3 aromatic heterocycles. The van der Waals surface area contributed by atoms with Gasteiger partial charge in [-0.2, -0.15) is 0 Å². The van der Waals surface area contributed by atoms with E-state index in [1.807, 2.05) is 0 Å². The highest BCUT2D eigenvalue weighted by atomic mass is 35.5. The fourth-order valence-corrected chi connectivity index (χ4v) is 3.90. The largest absolute Gasteiger partial charge is 0.432 e. The summed E-state index contributed by atoms with van der Waals surface area (Å²) in [5.74, 6) is -0.370. The van der Waals surface area contributed by atoms with E-state index in [2.05, 4.69) is 15.3 Å². The number of fused-ring (bicyclic) bond motifs is 1. The normalized spacial score (nSPS) is 11.7. The van der Waals surface area contributed by atoms with Gasteiger partial charge in [-0.25, -0.2) is 9.97 Å². The van der Waals surface area contributed by atoms with Crippen molar-refractivity contribution >= 4 is 51.6 Å². The first kappa shape index (κ1) is 18.8. The molecule has 11 heteroatoms. The van der Waals surface area contributed by atoms with Gasteiger partial charge in [0.15, 0.2) is 12.0 Å². The molecule has 0 saturated heterocycles. The maximum Gasteiger partial charge on any atom is 0.269 e. The third-order valence-electron chi connectivity index (χ3n) is 3.83. The second-order valence-corrected chi connectivity index (χ2v) is 6.99. The molecular weight excluding hydrogens is 390 g/mol. The minimum absolute atomic E-state index is 0.105. The van der Waals surface area contributed by atoms with Gasteiger partial charge in [0.05, 0.1) is 11.2 Å². The van der Waals surface area contributed by atoms with E-state index in [1.54, 1.807) is 11.6 Å². The van der Waals surface area contributed by atoms with E-state index in [-0.39, 0.29) is 17.7 Å². The zero-order valence-electron chi connectivity index (χ0n) is 14.2. The Morgan fingerprint density at radius 3 is 2.93 bits per heavy atom. The fraction of sp³-hybridized carbons (Fsp3) is 0.188. The highest BCUT2D eigenvalue weighted by molar-refractivity contribution is 7.19. The van der Waals surface area contributed by atoms with Crippen molar-refractivity contribution in [2.75, 3.05) is 0 Å². The lowest BCUT2D eigenvalue weighted by Crippen LogP contribution is -2.26. The van der Waals surface area contributed by atoms with Gasteiger partial charge in [-0.3, -0.25) is 4.79 Å². The number of nitrogens with two attached hydrogens (primary N) is 1. The van der Waals surface area contributed by atoms with Gasteiger partial charge in [-0.1, -0.05) is 0 Å². The molecule has 0 aliphatic rings. The van der Waals surface area contributed by atoms with Crippen LogP contribution < -0.4 is 11.1 Å². The van der Waals surface area contributed by atoms with Crippen molar-refractivity contribution in [3.63, 3.8) is 0 Å². The molecule has 0 spiro atoms. The van der Waals surface area contributed by atoms with Crippen LogP contribution in [0.25, 0.3) is 10.3 Å². The number of amides is 1. The number of hydrogen-bond donors (Lipinski definition) is 4. The molecule has 0 saturated carbocycles. The van der Waals surface area contributed by atoms with Gasteiger partial charge < -0.3 is 30.9 Å². The number of oxazole rings is 1. The van der Waals surface area contributed by atoms with Gasteiger partial charge in [-0.15, -0.1) is 11.3 Å². The summed E-state index contributed by atoms with van der Waals surface area (Å²) in [6, 6.07) is 0. The van der Waals surface area contributed by atoms with Crippen LogP contribution in [0.1, 0.15) is 26.8 Å². The molecule has 0 radical (unpaired) electrons. The van der Waals surface area contributed by atoms with Gasteiger partial charge in [0.25, 0.3) is 5.91 Å². The van der Waals surface area contributed by atoms with E-state index in [0.29, 0.717) is 34.7 Å². The number of allylic oxidation sites excluding steroid dienone is 2. The zero-order chi connectivity index (χ0) is 19.6. The maximum absolute atomic E-state index is 12.7. The van der Waals surface area contributed by atoms with E-state index < -0.39 is 0 Å². The van der Waals surface area contributed by atoms with Crippen molar-refractivity contribution in [1.29, 1.82) is 10.8 Å². The Kier molecular flexibility index (Phi) is 5.38. The lowest BCUT2D eigenvalue weighted by molar-refractivity contribution is 0.0942. The first-order valence-corrected chi connectivity index (χ1v) is 8.95. The van der Waals surface area contributed by atoms with E-state index >= 15 is 0 Å². The monoisotopic (exact) mass is 405 g/mol. The molecule has 140 valence electrons. The van der Waals surface area contributed by atoms with Crippen LogP contribution in [0.5, 0.6) is 0 Å². The molecule has 1 amide bonds. The van der Waals surface area contributed by atoms with Gasteiger partial charge in [-0.05, 0) is 17.7 Å². The Morgan fingerprint density at radius 2 is 2.30 bits per heavy atom. The maximum atomic E-state index is 12.7. The number of hydrogen-bond acceptors (Lipinski definition) is 8. The standard InChI is InChI=1S/C16H16ClN7O2S/c1-24-12(16(25)21-6-10-14(17)26-7-22-10)9(5-19)13-15(24)23-11(27-13)4-8(20)2-3-18/h2-3,5,7,18-19H,4,6,20H2,1H3,(H,21,25). The van der Waals surface area contributed by atoms with E-state index in [9.17, 15) is 4.79 Å². The van der Waals surface area contributed by atoms with Crippen LogP contribution in [-0.4, -0.2) is 32.9 Å². The number of aryl methyl sites for hydroxylation is 1. The lowest BCUT2D eigenvalue weighted by Gasteiger charge is -2.06. The fourth-order valence-electron chi connectivity index (χ4n) is 2.59. The van der Waals surface area contributed by atoms with Crippen LogP contribution in [0, 0.1) is 10.8 Å². The SMILES string of the molecule is Cn1c(C(=O)NCc2ncoc2Cl)c(C=N)c2sc(CC(N)=CC=N)nc21. The van der Waals surface area contributed by atoms with Gasteiger partial charge in [0, 0.05) is 37.2 Å². The Morgan fingerprint density at radius 1 is 1.52 bits per heavy atom. The second-order valence-electron chi connectivity index (χ2n) is 5.57. The average Bonchev–Trinajstić information content (AvgIpc) is 3.28. The predicted octanol–water partition coefficient (Wildman–Crippen LogP) is 2.24. The number of halogens is 1. The highest BCUT2D eigenvalue weighted by Gasteiger charge is 2.23. The number of thiazole rings is 1. The third-order valence-corrected chi connectivity index (χ3v) is 5.21. The van der Waals surface area contributed by atoms with Crippen molar-refractivity contribution in [3.8, 4) is 0 Å². The summed E-state index contributed by atoms with van der Waals surface area (Å²) in [6.07, 6.45) is 5.36. The summed E-state index contributed by atoms with van der Waals surface area (Å²) in [6.45, 7) is 0.105. The third kappa shape index (κ3) is 3.62. The smallest absolute Gasteiger partial charge is 0.269 e. The van der Waals surface area contributed by atoms with Gasteiger partial charge in [0.1, 0.15) is 16.4 Å². The number of carbonyl (C=O) groups is 1. The summed E-state index contributed by atoms with van der Waals surface area (Å²) in [4.78, 5) is 21.1. The van der Waals surface area contributed by atoms with Crippen molar-refractivity contribution in [1.82, 2.24) is 19.9 Å². The number of nitrogens with one attached hydrogen (secondary N) is 3. The molecule has 0 aliphatic heterocycles. The molecule has 9 nitrogen and oxygen atoms in total. The molecule has 27 heavy (non-hydrogen) atoms. The van der Waals surface area contributed by atoms with Crippen molar-refractivity contribution in [3.05, 3.63) is 45.3 Å². The number of carbonyl (C=O) groups excluding carboxylic acids is 1. The summed E-state index contributed by atoms with van der Waals surface area (Å²) in [7, 11) is 1.72. The van der Waals surface area contributed by atoms with Crippen LogP contribution >= 0.6 is 22.9 Å². The first-order chi connectivity index (χ1) is 13.0. The van der Waals surface area contributed by atoms with Crippen LogP contribution in [-0.2, 0) is 20.0 Å². The predicted molar refractivity (Wildman–Crippen MR) is 104 cm³/mol. The lowest BCUT2D eigenvalue weighted by atomic mass is 10.2. The van der Waals surface area contributed by atoms with Crippen LogP contribution in [0.4, 0.5) is 0 Å². The van der Waals surface area contributed by atoms with Crippen molar-refractivity contribution in [2.24, 2.45) is 12.8 Å². The zero-order valence-corrected chi connectivity index (χ0v) is 15.8. The van der Waals surface area contributed by atoms with Crippen LogP contribution in [0.2, 0.25) is 5.22 Å². The molecular formula is C16H16ClN7O2S. The van der Waals surface area contributed by atoms with E-state index in [0.717, 1.165) is 22.1 Å². The minimum Gasteiger partial charge on any atom is -0.432 e. The van der Waals surface area contributed by atoms with E-state index in [1.165, 1.54) is 23.8 Å². The Bertz CT molecular complexity index is 1060. The second kappa shape index (κ2) is 7.72. The molecule has 3 rings (SSSR count). The molecule has 3 aromatic rings. The van der Waals surface area contributed by atoms with Crippen molar-refractivity contribution in [2.45, 2.75) is 13.0 Å². The molecule has 3 heterocycles. The van der Waals surface area contributed by atoms with E-state index in [4.69, 9.17) is 32.6 Å². The molecule has 0 bridgehead atoms. The summed E-state index contributed by atoms with van der Waals surface area (Å²) >= 11 is 7.19. The summed E-state index contributed by atoms with van der Waals surface area (Å²) in [5, 5.41) is 18.4.